The number of hydrogen-bond acceptors (Lipinski definition) is 6. The number of nitrogens with zero attached hydrogens (tertiary/aromatic N) is 2. The molecule has 3 aromatic rings. The third kappa shape index (κ3) is 4.03. The smallest absolute Gasteiger partial charge is 0.338 e. The van der Waals surface area contributed by atoms with Gasteiger partial charge in [-0.25, -0.2) is 9.78 Å². The summed E-state index contributed by atoms with van der Waals surface area (Å²) in [4.78, 5) is 40.7. The van der Waals surface area contributed by atoms with Gasteiger partial charge in [-0.15, -0.1) is 0 Å². The number of Topliss-reactive ketones (excluding diaryl/α,β-unsaturated/α-hetero) is 1. The Morgan fingerprint density at radius 3 is 2.48 bits per heavy atom. The Hall–Kier alpha value is -3.48. The Balaban J connectivity index is 1.87. The number of esters is 1. The Bertz CT molecular complexity index is 1160. The number of rotatable bonds is 6. The van der Waals surface area contributed by atoms with Crippen molar-refractivity contribution in [1.82, 2.24) is 9.55 Å². The van der Waals surface area contributed by atoms with Crippen LogP contribution in [0.15, 0.2) is 41.2 Å². The molecule has 2 aromatic carbocycles. The summed E-state index contributed by atoms with van der Waals surface area (Å²) in [6, 6.07) is 9.90. The SMILES string of the molecule is CCn1c(=O)c(C)nc2cc(C(=O)OCc3cc(C(C)=O)ccc3OC)ccc21. The molecular weight excluding hydrogens is 372 g/mol. The van der Waals surface area contributed by atoms with Gasteiger partial charge < -0.3 is 14.0 Å². The number of aromatic nitrogens is 2. The van der Waals surface area contributed by atoms with Gasteiger partial charge in [0.25, 0.3) is 5.56 Å². The first-order chi connectivity index (χ1) is 13.8. The maximum Gasteiger partial charge on any atom is 0.338 e. The number of benzene rings is 2. The van der Waals surface area contributed by atoms with Gasteiger partial charge in [-0.1, -0.05) is 0 Å². The highest BCUT2D eigenvalue weighted by Crippen LogP contribution is 2.22. The van der Waals surface area contributed by atoms with Crippen molar-refractivity contribution in [3.63, 3.8) is 0 Å². The minimum atomic E-state index is -0.532. The van der Waals surface area contributed by atoms with E-state index in [-0.39, 0.29) is 17.9 Å². The maximum absolute atomic E-state index is 12.6. The predicted octanol–water partition coefficient (Wildman–Crippen LogP) is 3.29. The second-order valence-corrected chi connectivity index (χ2v) is 6.61. The lowest BCUT2D eigenvalue weighted by Gasteiger charge is -2.12. The molecule has 0 saturated heterocycles. The summed E-state index contributed by atoms with van der Waals surface area (Å²) < 4.78 is 12.3. The molecule has 29 heavy (non-hydrogen) atoms. The van der Waals surface area contributed by atoms with Gasteiger partial charge in [0.05, 0.1) is 23.7 Å². The highest BCUT2D eigenvalue weighted by Gasteiger charge is 2.14. The molecule has 1 heterocycles. The molecule has 0 aliphatic heterocycles. The largest absolute Gasteiger partial charge is 0.496 e. The van der Waals surface area contributed by atoms with Gasteiger partial charge in [0.2, 0.25) is 0 Å². The van der Waals surface area contributed by atoms with Crippen LogP contribution in [0.4, 0.5) is 0 Å². The summed E-state index contributed by atoms with van der Waals surface area (Å²) in [5, 5.41) is 0. The third-order valence-electron chi connectivity index (χ3n) is 4.71. The lowest BCUT2D eigenvalue weighted by molar-refractivity contribution is 0.0470. The summed E-state index contributed by atoms with van der Waals surface area (Å²) in [5.41, 5.74) is 2.88. The molecule has 0 saturated carbocycles. The van der Waals surface area contributed by atoms with Gasteiger partial charge in [-0.3, -0.25) is 9.59 Å². The van der Waals surface area contributed by atoms with Crippen molar-refractivity contribution in [2.75, 3.05) is 7.11 Å². The Kier molecular flexibility index (Phi) is 5.77. The Morgan fingerprint density at radius 2 is 1.83 bits per heavy atom. The molecule has 0 fully saturated rings. The monoisotopic (exact) mass is 394 g/mol. The van der Waals surface area contributed by atoms with Crippen molar-refractivity contribution >= 4 is 22.8 Å². The van der Waals surface area contributed by atoms with Crippen molar-refractivity contribution in [2.45, 2.75) is 33.9 Å². The van der Waals surface area contributed by atoms with Crippen LogP contribution in [0, 0.1) is 6.92 Å². The average molecular weight is 394 g/mol. The minimum Gasteiger partial charge on any atom is -0.496 e. The number of ether oxygens (including phenoxy) is 2. The standard InChI is InChI=1S/C22H22N2O5/c1-5-24-19-8-6-16(11-18(19)23-13(2)21(24)26)22(27)29-12-17-10-15(14(3)25)7-9-20(17)28-4/h6-11H,5,12H2,1-4H3. The van der Waals surface area contributed by atoms with Gasteiger partial charge in [-0.05, 0) is 57.2 Å². The summed E-state index contributed by atoms with van der Waals surface area (Å²) in [7, 11) is 1.51. The van der Waals surface area contributed by atoms with Crippen LogP contribution in [-0.4, -0.2) is 28.4 Å². The number of carbonyl (C=O) groups excluding carboxylic acids is 2. The van der Waals surface area contributed by atoms with E-state index in [9.17, 15) is 14.4 Å². The molecule has 0 aliphatic rings. The molecule has 7 heteroatoms. The molecule has 0 N–H and O–H groups in total. The zero-order chi connectivity index (χ0) is 21.1. The fraction of sp³-hybridized carbons (Fsp3) is 0.273. The molecule has 3 rings (SSSR count). The van der Waals surface area contributed by atoms with E-state index in [1.165, 1.54) is 14.0 Å². The quantitative estimate of drug-likeness (QED) is 0.471. The Morgan fingerprint density at radius 1 is 1.10 bits per heavy atom. The van der Waals surface area contributed by atoms with E-state index in [0.717, 1.165) is 0 Å². The molecule has 0 unspecified atom stereocenters. The number of ketones is 1. The predicted molar refractivity (Wildman–Crippen MR) is 109 cm³/mol. The summed E-state index contributed by atoms with van der Waals surface area (Å²) in [6.07, 6.45) is 0. The van der Waals surface area contributed by atoms with E-state index in [0.29, 0.717) is 45.7 Å². The number of fused-ring (bicyclic) bond motifs is 1. The molecule has 0 spiro atoms. The molecular formula is C22H22N2O5. The fourth-order valence-corrected chi connectivity index (χ4v) is 3.15. The number of aryl methyl sites for hydroxylation is 2. The fourth-order valence-electron chi connectivity index (χ4n) is 3.15. The minimum absolute atomic E-state index is 0.0396. The van der Waals surface area contributed by atoms with Crippen molar-refractivity contribution < 1.29 is 19.1 Å². The van der Waals surface area contributed by atoms with Gasteiger partial charge >= 0.3 is 5.97 Å². The van der Waals surface area contributed by atoms with Crippen LogP contribution >= 0.6 is 0 Å². The van der Waals surface area contributed by atoms with E-state index < -0.39 is 5.97 Å². The van der Waals surface area contributed by atoms with Crippen molar-refractivity contribution in [1.29, 1.82) is 0 Å². The van der Waals surface area contributed by atoms with Crippen LogP contribution in [-0.2, 0) is 17.9 Å². The van der Waals surface area contributed by atoms with E-state index in [1.54, 1.807) is 47.9 Å². The van der Waals surface area contributed by atoms with E-state index >= 15 is 0 Å². The van der Waals surface area contributed by atoms with E-state index in [2.05, 4.69) is 4.98 Å². The second-order valence-electron chi connectivity index (χ2n) is 6.61. The highest BCUT2D eigenvalue weighted by molar-refractivity contribution is 5.95. The van der Waals surface area contributed by atoms with Crippen LogP contribution in [0.2, 0.25) is 0 Å². The normalized spacial score (nSPS) is 10.8. The maximum atomic E-state index is 12.6. The first kappa shape index (κ1) is 20.3. The summed E-state index contributed by atoms with van der Waals surface area (Å²) >= 11 is 0. The number of carbonyl (C=O) groups is 2. The molecule has 1 aromatic heterocycles. The van der Waals surface area contributed by atoms with E-state index in [4.69, 9.17) is 9.47 Å². The summed E-state index contributed by atoms with van der Waals surface area (Å²) in [5.74, 6) is -0.0837. The lowest BCUT2D eigenvalue weighted by Crippen LogP contribution is -2.23. The lowest BCUT2D eigenvalue weighted by atomic mass is 10.1. The van der Waals surface area contributed by atoms with Crippen LogP contribution in [0.1, 0.15) is 45.8 Å². The molecule has 0 aliphatic carbocycles. The molecule has 150 valence electrons. The number of methoxy groups -OCH3 is 1. The van der Waals surface area contributed by atoms with Gasteiger partial charge in [0, 0.05) is 17.7 Å². The number of hydrogen-bond donors (Lipinski definition) is 0. The first-order valence-corrected chi connectivity index (χ1v) is 9.21. The van der Waals surface area contributed by atoms with Crippen molar-refractivity contribution in [3.8, 4) is 5.75 Å². The average Bonchev–Trinajstić information content (AvgIpc) is 2.72. The highest BCUT2D eigenvalue weighted by atomic mass is 16.5. The van der Waals surface area contributed by atoms with Crippen molar-refractivity contribution in [2.24, 2.45) is 0 Å². The second kappa shape index (κ2) is 8.26. The Labute approximate surface area is 167 Å². The van der Waals surface area contributed by atoms with Crippen LogP contribution < -0.4 is 10.3 Å². The third-order valence-corrected chi connectivity index (χ3v) is 4.71. The van der Waals surface area contributed by atoms with Crippen molar-refractivity contribution in [3.05, 3.63) is 69.1 Å². The first-order valence-electron chi connectivity index (χ1n) is 9.21. The van der Waals surface area contributed by atoms with Gasteiger partial charge in [0.1, 0.15) is 18.1 Å². The zero-order valence-electron chi connectivity index (χ0n) is 16.8. The van der Waals surface area contributed by atoms with Gasteiger partial charge in [-0.2, -0.15) is 0 Å². The van der Waals surface area contributed by atoms with Crippen LogP contribution in [0.5, 0.6) is 5.75 Å². The topological polar surface area (TPSA) is 87.5 Å². The summed E-state index contributed by atoms with van der Waals surface area (Å²) in [6.45, 7) is 5.46. The van der Waals surface area contributed by atoms with Crippen LogP contribution in [0.25, 0.3) is 11.0 Å². The molecule has 7 nitrogen and oxygen atoms in total. The molecule has 0 amide bonds. The molecule has 0 bridgehead atoms. The molecule has 0 radical (unpaired) electrons. The van der Waals surface area contributed by atoms with E-state index in [1.807, 2.05) is 6.92 Å². The van der Waals surface area contributed by atoms with Crippen LogP contribution in [0.3, 0.4) is 0 Å². The zero-order valence-corrected chi connectivity index (χ0v) is 16.8. The molecule has 0 atom stereocenters. The van der Waals surface area contributed by atoms with Gasteiger partial charge in [0.15, 0.2) is 5.78 Å².